The van der Waals surface area contributed by atoms with Gasteiger partial charge in [-0.15, -0.1) is 0 Å². The van der Waals surface area contributed by atoms with Crippen LogP contribution in [0, 0.1) is 12.7 Å². The number of primary sulfonamides is 1. The van der Waals surface area contributed by atoms with Crippen molar-refractivity contribution in [2.24, 2.45) is 5.14 Å². The van der Waals surface area contributed by atoms with Gasteiger partial charge in [-0.1, -0.05) is 6.07 Å². The number of halogens is 1. The van der Waals surface area contributed by atoms with Crippen LogP contribution >= 0.6 is 0 Å². The number of nitrogens with two attached hydrogens (primary N) is 1. The standard InChI is InChI=1S/C9H12FNO2S/c1-6-5-8(10)3-4-9(6)7(2)14(11,12)13/h3-5,7H,1-2H3,(H2,11,12,13)/t7-/m0/s1. The summed E-state index contributed by atoms with van der Waals surface area (Å²) in [5.74, 6) is -0.382. The maximum atomic E-state index is 12.7. The Morgan fingerprint density at radius 2 is 2.00 bits per heavy atom. The summed E-state index contributed by atoms with van der Waals surface area (Å²) in [5, 5.41) is 4.19. The van der Waals surface area contributed by atoms with Crippen molar-refractivity contribution < 1.29 is 12.8 Å². The van der Waals surface area contributed by atoms with E-state index in [-0.39, 0.29) is 5.82 Å². The molecule has 0 bridgehead atoms. The van der Waals surface area contributed by atoms with Gasteiger partial charge in [0, 0.05) is 0 Å². The fraction of sp³-hybridized carbons (Fsp3) is 0.333. The molecular weight excluding hydrogens is 205 g/mol. The van der Waals surface area contributed by atoms with Crippen LogP contribution in [-0.2, 0) is 10.0 Å². The molecule has 0 radical (unpaired) electrons. The zero-order chi connectivity index (χ0) is 10.9. The highest BCUT2D eigenvalue weighted by atomic mass is 32.2. The molecule has 3 nitrogen and oxygen atoms in total. The van der Waals surface area contributed by atoms with Crippen molar-refractivity contribution in [1.82, 2.24) is 0 Å². The molecule has 1 aromatic rings. The van der Waals surface area contributed by atoms with Crippen molar-refractivity contribution in [3.05, 3.63) is 35.1 Å². The van der Waals surface area contributed by atoms with E-state index in [1.54, 1.807) is 6.92 Å². The van der Waals surface area contributed by atoms with Crippen LogP contribution in [0.4, 0.5) is 4.39 Å². The molecular formula is C9H12FNO2S. The predicted octanol–water partition coefficient (Wildman–Crippen LogP) is 1.48. The fourth-order valence-corrected chi connectivity index (χ4v) is 1.89. The van der Waals surface area contributed by atoms with Gasteiger partial charge in [-0.25, -0.2) is 17.9 Å². The smallest absolute Gasteiger partial charge is 0.215 e. The second-order valence-electron chi connectivity index (χ2n) is 3.23. The quantitative estimate of drug-likeness (QED) is 0.815. The van der Waals surface area contributed by atoms with Crippen LogP contribution in [0.1, 0.15) is 23.3 Å². The lowest BCUT2D eigenvalue weighted by Crippen LogP contribution is -2.19. The van der Waals surface area contributed by atoms with Crippen molar-refractivity contribution in [2.45, 2.75) is 19.1 Å². The Bertz CT molecular complexity index is 442. The van der Waals surface area contributed by atoms with Crippen LogP contribution in [0.5, 0.6) is 0 Å². The van der Waals surface area contributed by atoms with Gasteiger partial charge in [0.25, 0.3) is 0 Å². The first kappa shape index (κ1) is 11.1. The SMILES string of the molecule is Cc1cc(F)ccc1[C@H](C)S(N)(=O)=O. The van der Waals surface area contributed by atoms with Crippen LogP contribution < -0.4 is 5.14 Å². The van der Waals surface area contributed by atoms with Crippen LogP contribution in [0.3, 0.4) is 0 Å². The zero-order valence-corrected chi connectivity index (χ0v) is 8.81. The van der Waals surface area contributed by atoms with E-state index < -0.39 is 15.3 Å². The van der Waals surface area contributed by atoms with Gasteiger partial charge < -0.3 is 0 Å². The molecule has 0 saturated carbocycles. The van der Waals surface area contributed by atoms with Crippen LogP contribution in [-0.4, -0.2) is 8.42 Å². The Balaban J connectivity index is 3.21. The molecule has 0 saturated heterocycles. The molecule has 0 unspecified atom stereocenters. The highest BCUT2D eigenvalue weighted by molar-refractivity contribution is 7.89. The highest BCUT2D eigenvalue weighted by Crippen LogP contribution is 2.23. The van der Waals surface area contributed by atoms with Gasteiger partial charge in [0.15, 0.2) is 0 Å². The number of hydrogen-bond acceptors (Lipinski definition) is 2. The topological polar surface area (TPSA) is 60.2 Å². The maximum Gasteiger partial charge on any atom is 0.215 e. The molecule has 1 atom stereocenters. The monoisotopic (exact) mass is 217 g/mol. The second kappa shape index (κ2) is 3.67. The molecule has 0 aliphatic carbocycles. The van der Waals surface area contributed by atoms with E-state index in [1.807, 2.05) is 0 Å². The molecule has 0 aliphatic rings. The predicted molar refractivity (Wildman–Crippen MR) is 52.7 cm³/mol. The summed E-state index contributed by atoms with van der Waals surface area (Å²) in [6.07, 6.45) is 0. The second-order valence-corrected chi connectivity index (χ2v) is 5.12. The third-order valence-electron chi connectivity index (χ3n) is 2.16. The molecule has 0 heterocycles. The lowest BCUT2D eigenvalue weighted by molar-refractivity contribution is 0.586. The Hall–Kier alpha value is -0.940. The average Bonchev–Trinajstić information content (AvgIpc) is 2.01. The summed E-state index contributed by atoms with van der Waals surface area (Å²) in [7, 11) is -3.61. The summed E-state index contributed by atoms with van der Waals surface area (Å²) in [6.45, 7) is 3.13. The van der Waals surface area contributed by atoms with Gasteiger partial charge in [0.05, 0.1) is 5.25 Å². The third-order valence-corrected chi connectivity index (χ3v) is 3.40. The number of rotatable bonds is 2. The Morgan fingerprint density at radius 3 is 2.43 bits per heavy atom. The molecule has 1 rings (SSSR count). The molecule has 0 spiro atoms. The van der Waals surface area contributed by atoms with Crippen LogP contribution in [0.25, 0.3) is 0 Å². The molecule has 0 aromatic heterocycles. The van der Waals surface area contributed by atoms with E-state index in [1.165, 1.54) is 25.1 Å². The summed E-state index contributed by atoms with van der Waals surface area (Å²) in [6, 6.07) is 3.96. The Morgan fingerprint density at radius 1 is 1.43 bits per heavy atom. The van der Waals surface area contributed by atoms with Crippen molar-refractivity contribution in [3.63, 3.8) is 0 Å². The minimum absolute atomic E-state index is 0.382. The Kier molecular flexibility index (Phi) is 2.92. The molecule has 2 N–H and O–H groups in total. The molecule has 5 heteroatoms. The van der Waals surface area contributed by atoms with E-state index in [4.69, 9.17) is 5.14 Å². The van der Waals surface area contributed by atoms with Gasteiger partial charge in [-0.2, -0.15) is 0 Å². The fourth-order valence-electron chi connectivity index (χ4n) is 1.27. The summed E-state index contributed by atoms with van der Waals surface area (Å²) in [5.41, 5.74) is 1.13. The average molecular weight is 217 g/mol. The maximum absolute atomic E-state index is 12.7. The van der Waals surface area contributed by atoms with E-state index in [0.29, 0.717) is 11.1 Å². The van der Waals surface area contributed by atoms with Crippen molar-refractivity contribution in [1.29, 1.82) is 0 Å². The van der Waals surface area contributed by atoms with E-state index in [9.17, 15) is 12.8 Å². The minimum atomic E-state index is -3.61. The molecule has 0 fully saturated rings. The Labute approximate surface area is 82.8 Å². The van der Waals surface area contributed by atoms with Gasteiger partial charge >= 0.3 is 0 Å². The summed E-state index contributed by atoms with van der Waals surface area (Å²) >= 11 is 0. The molecule has 0 amide bonds. The number of benzene rings is 1. The number of aryl methyl sites for hydroxylation is 1. The van der Waals surface area contributed by atoms with Gasteiger partial charge in [0.1, 0.15) is 5.82 Å². The van der Waals surface area contributed by atoms with Crippen molar-refractivity contribution in [3.8, 4) is 0 Å². The molecule has 14 heavy (non-hydrogen) atoms. The van der Waals surface area contributed by atoms with Crippen LogP contribution in [0.15, 0.2) is 18.2 Å². The van der Waals surface area contributed by atoms with Crippen molar-refractivity contribution in [2.75, 3.05) is 0 Å². The number of sulfonamides is 1. The van der Waals surface area contributed by atoms with Gasteiger partial charge in [0.2, 0.25) is 10.0 Å². The van der Waals surface area contributed by atoms with E-state index in [2.05, 4.69) is 0 Å². The summed E-state index contributed by atoms with van der Waals surface area (Å²) < 4.78 is 34.8. The zero-order valence-electron chi connectivity index (χ0n) is 7.99. The minimum Gasteiger partial charge on any atom is -0.228 e. The number of hydrogen-bond donors (Lipinski definition) is 1. The normalized spacial score (nSPS) is 14.0. The van der Waals surface area contributed by atoms with E-state index in [0.717, 1.165) is 0 Å². The lowest BCUT2D eigenvalue weighted by Gasteiger charge is -2.12. The van der Waals surface area contributed by atoms with E-state index >= 15 is 0 Å². The van der Waals surface area contributed by atoms with Crippen molar-refractivity contribution >= 4 is 10.0 Å². The van der Waals surface area contributed by atoms with Gasteiger partial charge in [-0.05, 0) is 37.1 Å². The first-order chi connectivity index (χ1) is 6.32. The molecule has 1 aromatic carbocycles. The third kappa shape index (κ3) is 2.30. The highest BCUT2D eigenvalue weighted by Gasteiger charge is 2.19. The molecule has 0 aliphatic heterocycles. The lowest BCUT2D eigenvalue weighted by atomic mass is 10.1. The first-order valence-corrected chi connectivity index (χ1v) is 5.71. The first-order valence-electron chi connectivity index (χ1n) is 4.10. The summed E-state index contributed by atoms with van der Waals surface area (Å²) in [4.78, 5) is 0. The van der Waals surface area contributed by atoms with Crippen LogP contribution in [0.2, 0.25) is 0 Å². The molecule has 78 valence electrons. The van der Waals surface area contributed by atoms with Gasteiger partial charge in [-0.3, -0.25) is 0 Å². The largest absolute Gasteiger partial charge is 0.228 e.